The third kappa shape index (κ3) is 4.47. The number of nitrogens with one attached hydrogen (secondary N) is 1. The average Bonchev–Trinajstić information content (AvgIpc) is 2.40. The summed E-state index contributed by atoms with van der Waals surface area (Å²) in [6, 6.07) is 14.2. The van der Waals surface area contributed by atoms with E-state index in [1.54, 1.807) is 0 Å². The second-order valence-electron chi connectivity index (χ2n) is 4.09. The first-order valence-corrected chi connectivity index (χ1v) is 7.99. The highest BCUT2D eigenvalue weighted by Gasteiger charge is 2.06. The molecule has 0 spiro atoms. The zero-order valence-corrected chi connectivity index (χ0v) is 14.4. The highest BCUT2D eigenvalue weighted by atomic mass is 127. The highest BCUT2D eigenvalue weighted by Crippen LogP contribution is 2.29. The lowest BCUT2D eigenvalue weighted by Gasteiger charge is -2.12. The lowest BCUT2D eigenvalue weighted by molar-refractivity contribution is 0.473. The van der Waals surface area contributed by atoms with Crippen LogP contribution in [0.1, 0.15) is 12.5 Å². The maximum Gasteiger partial charge on any atom is 0.133 e. The van der Waals surface area contributed by atoms with E-state index in [-0.39, 0.29) is 0 Å². The van der Waals surface area contributed by atoms with Gasteiger partial charge in [0.05, 0.1) is 0 Å². The Hall–Kier alpha value is -0.590. The molecule has 0 unspecified atom stereocenters. The predicted molar refractivity (Wildman–Crippen MR) is 90.8 cm³/mol. The van der Waals surface area contributed by atoms with Crippen LogP contribution in [0.4, 0.5) is 0 Å². The maximum atomic E-state index is 5.97. The predicted octanol–water partition coefficient (Wildman–Crippen LogP) is 4.96. The molecule has 0 radical (unpaired) electrons. The summed E-state index contributed by atoms with van der Waals surface area (Å²) in [7, 11) is 0. The highest BCUT2D eigenvalue weighted by molar-refractivity contribution is 14.1. The first-order chi connectivity index (χ1) is 9.19. The summed E-state index contributed by atoms with van der Waals surface area (Å²) in [5.74, 6) is 1.74. The zero-order chi connectivity index (χ0) is 13.7. The van der Waals surface area contributed by atoms with Crippen LogP contribution in [0.15, 0.2) is 46.9 Å². The monoisotopic (exact) mass is 431 g/mol. The molecule has 0 saturated heterocycles. The molecule has 4 heteroatoms. The Morgan fingerprint density at radius 3 is 2.58 bits per heavy atom. The topological polar surface area (TPSA) is 21.3 Å². The molecule has 0 aromatic heterocycles. The van der Waals surface area contributed by atoms with E-state index >= 15 is 0 Å². The minimum absolute atomic E-state index is 0.809. The van der Waals surface area contributed by atoms with Crippen molar-refractivity contribution in [2.24, 2.45) is 0 Å². The van der Waals surface area contributed by atoms with Crippen LogP contribution in [-0.2, 0) is 6.54 Å². The molecule has 0 aliphatic carbocycles. The molecule has 19 heavy (non-hydrogen) atoms. The van der Waals surface area contributed by atoms with E-state index in [0.717, 1.165) is 34.6 Å². The first-order valence-electron chi connectivity index (χ1n) is 6.11. The van der Waals surface area contributed by atoms with Crippen LogP contribution in [0.25, 0.3) is 0 Å². The minimum atomic E-state index is 0.809. The third-order valence-corrected chi connectivity index (χ3v) is 3.85. The van der Waals surface area contributed by atoms with E-state index in [1.807, 2.05) is 36.4 Å². The number of rotatable bonds is 5. The summed E-state index contributed by atoms with van der Waals surface area (Å²) >= 11 is 5.77. The molecule has 0 bridgehead atoms. The van der Waals surface area contributed by atoms with Crippen LogP contribution in [-0.4, -0.2) is 6.54 Å². The van der Waals surface area contributed by atoms with E-state index < -0.39 is 0 Å². The third-order valence-electron chi connectivity index (χ3n) is 2.64. The molecule has 0 amide bonds. The average molecular weight is 432 g/mol. The summed E-state index contributed by atoms with van der Waals surface area (Å²) in [5, 5.41) is 3.32. The molecule has 2 nitrogen and oxygen atoms in total. The smallest absolute Gasteiger partial charge is 0.133 e. The van der Waals surface area contributed by atoms with E-state index in [9.17, 15) is 0 Å². The SMILES string of the molecule is CCNCc1ccc(Br)cc1Oc1ccc(I)cc1. The minimum Gasteiger partial charge on any atom is -0.457 e. The van der Waals surface area contributed by atoms with Gasteiger partial charge >= 0.3 is 0 Å². The van der Waals surface area contributed by atoms with Crippen molar-refractivity contribution in [3.63, 3.8) is 0 Å². The lowest BCUT2D eigenvalue weighted by Crippen LogP contribution is -2.12. The summed E-state index contributed by atoms with van der Waals surface area (Å²) in [4.78, 5) is 0. The van der Waals surface area contributed by atoms with Crippen LogP contribution in [0.5, 0.6) is 11.5 Å². The molecule has 0 saturated carbocycles. The quantitative estimate of drug-likeness (QED) is 0.676. The standard InChI is InChI=1S/C15H15BrINO/c1-2-18-10-11-3-4-12(16)9-15(11)19-14-7-5-13(17)6-8-14/h3-9,18H,2,10H2,1H3. The maximum absolute atomic E-state index is 5.97. The van der Waals surface area contributed by atoms with E-state index in [1.165, 1.54) is 3.57 Å². The van der Waals surface area contributed by atoms with Gasteiger partial charge in [0.1, 0.15) is 11.5 Å². The summed E-state index contributed by atoms with van der Waals surface area (Å²) < 4.78 is 8.19. The fraction of sp³-hybridized carbons (Fsp3) is 0.200. The van der Waals surface area contributed by atoms with Gasteiger partial charge in [-0.3, -0.25) is 0 Å². The Morgan fingerprint density at radius 2 is 1.89 bits per heavy atom. The van der Waals surface area contributed by atoms with Crippen LogP contribution in [0.3, 0.4) is 0 Å². The summed E-state index contributed by atoms with van der Waals surface area (Å²) in [5.41, 5.74) is 1.16. The van der Waals surface area contributed by atoms with E-state index in [2.05, 4.69) is 56.8 Å². The number of halogens is 2. The van der Waals surface area contributed by atoms with Crippen molar-refractivity contribution < 1.29 is 4.74 Å². The molecule has 0 aliphatic rings. The van der Waals surface area contributed by atoms with Gasteiger partial charge in [-0.2, -0.15) is 0 Å². The molecule has 0 aliphatic heterocycles. The molecule has 2 aromatic rings. The fourth-order valence-corrected chi connectivity index (χ4v) is 2.36. The second-order valence-corrected chi connectivity index (χ2v) is 6.25. The van der Waals surface area contributed by atoms with Crippen molar-refractivity contribution in [2.45, 2.75) is 13.5 Å². The molecular formula is C15H15BrINO. The molecule has 0 fully saturated rings. The van der Waals surface area contributed by atoms with Gasteiger partial charge in [0.15, 0.2) is 0 Å². The van der Waals surface area contributed by atoms with Gasteiger partial charge < -0.3 is 10.1 Å². The van der Waals surface area contributed by atoms with Crippen molar-refractivity contribution in [3.8, 4) is 11.5 Å². The largest absolute Gasteiger partial charge is 0.457 e. The fourth-order valence-electron chi connectivity index (χ4n) is 1.66. The Bertz CT molecular complexity index is 542. The van der Waals surface area contributed by atoms with Crippen molar-refractivity contribution in [1.29, 1.82) is 0 Å². The number of hydrogen-bond acceptors (Lipinski definition) is 2. The Labute approximate surface area is 135 Å². The second kappa shape index (κ2) is 7.26. The van der Waals surface area contributed by atoms with Crippen LogP contribution < -0.4 is 10.1 Å². The van der Waals surface area contributed by atoms with Gasteiger partial charge in [0, 0.05) is 20.2 Å². The Balaban J connectivity index is 2.22. The van der Waals surface area contributed by atoms with Crippen molar-refractivity contribution in [2.75, 3.05) is 6.54 Å². The normalized spacial score (nSPS) is 10.5. The summed E-state index contributed by atoms with van der Waals surface area (Å²) in [6.07, 6.45) is 0. The van der Waals surface area contributed by atoms with Gasteiger partial charge in [-0.25, -0.2) is 0 Å². The van der Waals surface area contributed by atoms with Crippen molar-refractivity contribution >= 4 is 38.5 Å². The Kier molecular flexibility index (Phi) is 5.66. The van der Waals surface area contributed by atoms with Gasteiger partial charge in [-0.15, -0.1) is 0 Å². The van der Waals surface area contributed by atoms with Gasteiger partial charge in [-0.05, 0) is 65.5 Å². The van der Waals surface area contributed by atoms with Crippen LogP contribution in [0.2, 0.25) is 0 Å². The van der Waals surface area contributed by atoms with E-state index in [4.69, 9.17) is 4.74 Å². The van der Waals surface area contributed by atoms with E-state index in [0.29, 0.717) is 0 Å². The van der Waals surface area contributed by atoms with Crippen LogP contribution in [0, 0.1) is 3.57 Å². The molecular weight excluding hydrogens is 417 g/mol. The first kappa shape index (κ1) is 14.8. The van der Waals surface area contributed by atoms with Gasteiger partial charge in [0.2, 0.25) is 0 Å². The Morgan fingerprint density at radius 1 is 1.16 bits per heavy atom. The number of benzene rings is 2. The van der Waals surface area contributed by atoms with Gasteiger partial charge in [-0.1, -0.05) is 28.9 Å². The molecule has 100 valence electrons. The lowest BCUT2D eigenvalue weighted by atomic mass is 10.2. The molecule has 0 heterocycles. The number of hydrogen-bond donors (Lipinski definition) is 1. The molecule has 2 aromatic carbocycles. The molecule has 1 N–H and O–H groups in total. The number of ether oxygens (including phenoxy) is 1. The molecule has 0 atom stereocenters. The van der Waals surface area contributed by atoms with Crippen molar-refractivity contribution in [3.05, 3.63) is 56.1 Å². The van der Waals surface area contributed by atoms with Crippen LogP contribution >= 0.6 is 38.5 Å². The summed E-state index contributed by atoms with van der Waals surface area (Å²) in [6.45, 7) is 3.85. The van der Waals surface area contributed by atoms with Crippen molar-refractivity contribution in [1.82, 2.24) is 5.32 Å². The van der Waals surface area contributed by atoms with Gasteiger partial charge in [0.25, 0.3) is 0 Å². The zero-order valence-electron chi connectivity index (χ0n) is 10.6. The molecule has 2 rings (SSSR count).